The van der Waals surface area contributed by atoms with Gasteiger partial charge in [-0.25, -0.2) is 4.39 Å². The van der Waals surface area contributed by atoms with Gasteiger partial charge in [-0.3, -0.25) is 10.1 Å². The maximum Gasteiger partial charge on any atom is 0.327 e. The highest BCUT2D eigenvalue weighted by Gasteiger charge is 2.19. The predicted molar refractivity (Wildman–Crippen MR) is 71.6 cm³/mol. The summed E-state index contributed by atoms with van der Waals surface area (Å²) < 4.78 is 26.4. The molecule has 0 fully saturated rings. The van der Waals surface area contributed by atoms with Gasteiger partial charge in [0.25, 0.3) is 0 Å². The molecule has 4 nitrogen and oxygen atoms in total. The van der Waals surface area contributed by atoms with Gasteiger partial charge in [0.15, 0.2) is 0 Å². The van der Waals surface area contributed by atoms with Crippen molar-refractivity contribution in [3.8, 4) is 0 Å². The molecule has 1 N–H and O–H groups in total. The molecule has 0 aliphatic rings. The molecule has 0 aliphatic carbocycles. The van der Waals surface area contributed by atoms with Crippen LogP contribution < -0.4 is 5.32 Å². The second-order valence-corrected chi connectivity index (χ2v) is 4.20. The minimum atomic E-state index is -0.884. The average Bonchev–Trinajstić information content (AvgIpc) is 2.38. The predicted octanol–water partition coefficient (Wildman–Crippen LogP) is 3.53. The number of benzene rings is 2. The fourth-order valence-corrected chi connectivity index (χ4v) is 1.88. The summed E-state index contributed by atoms with van der Waals surface area (Å²) in [5.74, 6) is -1.22. The van der Waals surface area contributed by atoms with Gasteiger partial charge in [0.05, 0.1) is 4.92 Å². The fraction of sp³-hybridized carbons (Fsp3) is 0.143. The molecule has 0 aromatic heterocycles. The third-order valence-corrected chi connectivity index (χ3v) is 2.79. The van der Waals surface area contributed by atoms with E-state index < -0.39 is 16.4 Å². The SMILES string of the molecule is O=[N+]([O-])c1c(F)cccc1NCCc1cccc(F)c1. The molecule has 0 aliphatic heterocycles. The Kier molecular flexibility index (Phi) is 4.24. The number of nitro groups is 1. The number of nitrogens with one attached hydrogen (secondary N) is 1. The van der Waals surface area contributed by atoms with Gasteiger partial charge in [-0.1, -0.05) is 18.2 Å². The number of rotatable bonds is 5. The van der Waals surface area contributed by atoms with Crippen LogP contribution in [-0.4, -0.2) is 11.5 Å². The zero-order valence-electron chi connectivity index (χ0n) is 10.5. The molecule has 20 heavy (non-hydrogen) atoms. The third-order valence-electron chi connectivity index (χ3n) is 2.79. The Hall–Kier alpha value is -2.50. The van der Waals surface area contributed by atoms with E-state index in [0.29, 0.717) is 13.0 Å². The third kappa shape index (κ3) is 3.28. The van der Waals surface area contributed by atoms with E-state index in [9.17, 15) is 18.9 Å². The minimum Gasteiger partial charge on any atom is -0.379 e. The Morgan fingerprint density at radius 2 is 1.90 bits per heavy atom. The Morgan fingerprint density at radius 3 is 2.60 bits per heavy atom. The minimum absolute atomic E-state index is 0.117. The van der Waals surface area contributed by atoms with E-state index in [1.807, 2.05) is 0 Å². The first-order chi connectivity index (χ1) is 9.58. The molecule has 6 heteroatoms. The maximum atomic E-state index is 13.4. The van der Waals surface area contributed by atoms with Crippen molar-refractivity contribution >= 4 is 11.4 Å². The second kappa shape index (κ2) is 6.10. The lowest BCUT2D eigenvalue weighted by Crippen LogP contribution is -2.08. The smallest absolute Gasteiger partial charge is 0.327 e. The zero-order chi connectivity index (χ0) is 14.5. The topological polar surface area (TPSA) is 55.2 Å². The molecule has 0 spiro atoms. The first-order valence-electron chi connectivity index (χ1n) is 5.99. The summed E-state index contributed by atoms with van der Waals surface area (Å²) in [6, 6.07) is 9.95. The molecule has 0 heterocycles. The van der Waals surface area contributed by atoms with E-state index in [4.69, 9.17) is 0 Å². The lowest BCUT2D eigenvalue weighted by atomic mass is 10.1. The number of hydrogen-bond acceptors (Lipinski definition) is 3. The Labute approximate surface area is 114 Å². The van der Waals surface area contributed by atoms with Crippen LogP contribution in [-0.2, 0) is 6.42 Å². The van der Waals surface area contributed by atoms with Crippen molar-refractivity contribution in [2.75, 3.05) is 11.9 Å². The summed E-state index contributed by atoms with van der Waals surface area (Å²) in [4.78, 5) is 10.0. The van der Waals surface area contributed by atoms with Gasteiger partial charge in [0.2, 0.25) is 5.82 Å². The monoisotopic (exact) mass is 278 g/mol. The second-order valence-electron chi connectivity index (χ2n) is 4.20. The molecule has 0 amide bonds. The van der Waals surface area contributed by atoms with E-state index in [-0.39, 0.29) is 11.5 Å². The van der Waals surface area contributed by atoms with Crippen molar-refractivity contribution in [2.45, 2.75) is 6.42 Å². The van der Waals surface area contributed by atoms with Crippen LogP contribution in [0, 0.1) is 21.7 Å². The van der Waals surface area contributed by atoms with Gasteiger partial charge in [-0.2, -0.15) is 4.39 Å². The lowest BCUT2D eigenvalue weighted by molar-refractivity contribution is -0.386. The summed E-state index contributed by atoms with van der Waals surface area (Å²) >= 11 is 0. The average molecular weight is 278 g/mol. The van der Waals surface area contributed by atoms with Gasteiger partial charge in [0.1, 0.15) is 11.5 Å². The molecule has 0 unspecified atom stereocenters. The van der Waals surface area contributed by atoms with Crippen molar-refractivity contribution < 1.29 is 13.7 Å². The number of para-hydroxylation sites is 1. The number of halogens is 2. The number of nitrogens with zero attached hydrogens (tertiary/aromatic N) is 1. The zero-order valence-corrected chi connectivity index (χ0v) is 10.5. The molecular formula is C14H12F2N2O2. The van der Waals surface area contributed by atoms with E-state index >= 15 is 0 Å². The molecule has 2 aromatic rings. The molecule has 0 bridgehead atoms. The van der Waals surface area contributed by atoms with Gasteiger partial charge in [0, 0.05) is 6.54 Å². The van der Waals surface area contributed by atoms with Gasteiger partial charge in [-0.15, -0.1) is 0 Å². The number of nitro benzene ring substituents is 1. The molecule has 2 rings (SSSR count). The van der Waals surface area contributed by atoms with Crippen molar-refractivity contribution in [1.82, 2.24) is 0 Å². The van der Waals surface area contributed by atoms with Crippen LogP contribution in [0.1, 0.15) is 5.56 Å². The molecule has 0 radical (unpaired) electrons. The fourth-order valence-electron chi connectivity index (χ4n) is 1.88. The maximum absolute atomic E-state index is 13.4. The molecule has 0 atom stereocenters. The van der Waals surface area contributed by atoms with Crippen LogP contribution in [0.4, 0.5) is 20.2 Å². The van der Waals surface area contributed by atoms with E-state index in [1.54, 1.807) is 12.1 Å². The van der Waals surface area contributed by atoms with Crippen molar-refractivity contribution in [2.24, 2.45) is 0 Å². The molecule has 0 saturated heterocycles. The normalized spacial score (nSPS) is 10.3. The molecule has 2 aromatic carbocycles. The summed E-state index contributed by atoms with van der Waals surface area (Å²) in [6.45, 7) is 0.341. The quantitative estimate of drug-likeness (QED) is 0.672. The van der Waals surface area contributed by atoms with E-state index in [2.05, 4.69) is 5.32 Å². The Balaban J connectivity index is 2.05. The van der Waals surface area contributed by atoms with Crippen LogP contribution >= 0.6 is 0 Å². The summed E-state index contributed by atoms with van der Waals surface area (Å²) in [5, 5.41) is 13.6. The Morgan fingerprint density at radius 1 is 1.15 bits per heavy atom. The first kappa shape index (κ1) is 13.9. The van der Waals surface area contributed by atoms with Crippen LogP contribution in [0.15, 0.2) is 42.5 Å². The van der Waals surface area contributed by atoms with Crippen molar-refractivity contribution in [1.29, 1.82) is 0 Å². The summed E-state index contributed by atoms with van der Waals surface area (Å²) in [7, 11) is 0. The van der Waals surface area contributed by atoms with Gasteiger partial charge >= 0.3 is 5.69 Å². The lowest BCUT2D eigenvalue weighted by Gasteiger charge is -2.07. The molecule has 104 valence electrons. The highest BCUT2D eigenvalue weighted by molar-refractivity contribution is 5.61. The largest absolute Gasteiger partial charge is 0.379 e. The van der Waals surface area contributed by atoms with Crippen LogP contribution in [0.3, 0.4) is 0 Å². The number of anilines is 1. The van der Waals surface area contributed by atoms with Gasteiger partial charge < -0.3 is 5.32 Å². The molecule has 0 saturated carbocycles. The Bertz CT molecular complexity index is 632. The standard InChI is InChI=1S/C14H12F2N2O2/c15-11-4-1-3-10(9-11)7-8-17-13-6-2-5-12(16)14(13)18(19)20/h1-6,9,17H,7-8H2. The van der Waals surface area contributed by atoms with Crippen molar-refractivity contribution in [3.05, 3.63) is 69.8 Å². The first-order valence-corrected chi connectivity index (χ1v) is 5.99. The van der Waals surface area contributed by atoms with Crippen LogP contribution in [0.25, 0.3) is 0 Å². The highest BCUT2D eigenvalue weighted by Crippen LogP contribution is 2.27. The van der Waals surface area contributed by atoms with E-state index in [0.717, 1.165) is 11.6 Å². The van der Waals surface area contributed by atoms with Crippen molar-refractivity contribution in [3.63, 3.8) is 0 Å². The van der Waals surface area contributed by atoms with E-state index in [1.165, 1.54) is 24.3 Å². The highest BCUT2D eigenvalue weighted by atomic mass is 19.1. The van der Waals surface area contributed by atoms with Crippen LogP contribution in [0.2, 0.25) is 0 Å². The van der Waals surface area contributed by atoms with Crippen LogP contribution in [0.5, 0.6) is 0 Å². The number of hydrogen-bond donors (Lipinski definition) is 1. The molecular weight excluding hydrogens is 266 g/mol. The summed E-state index contributed by atoms with van der Waals surface area (Å²) in [6.07, 6.45) is 0.478. The van der Waals surface area contributed by atoms with Gasteiger partial charge in [-0.05, 0) is 36.2 Å². The summed E-state index contributed by atoms with van der Waals surface area (Å²) in [5.41, 5.74) is 0.301.